The van der Waals surface area contributed by atoms with Gasteiger partial charge in [0.25, 0.3) is 0 Å². The first-order chi connectivity index (χ1) is 6.82. The summed E-state index contributed by atoms with van der Waals surface area (Å²) in [6.07, 6.45) is -7.41. The van der Waals surface area contributed by atoms with Gasteiger partial charge in [0.1, 0.15) is 5.69 Å². The molecular formula is C8H4F5NO. The van der Waals surface area contributed by atoms with Crippen molar-refractivity contribution in [2.45, 2.75) is 12.6 Å². The molecule has 7 heteroatoms. The summed E-state index contributed by atoms with van der Waals surface area (Å²) >= 11 is 0. The van der Waals surface area contributed by atoms with E-state index in [1.807, 2.05) is 0 Å². The number of halogens is 5. The van der Waals surface area contributed by atoms with Crippen LogP contribution in [-0.2, 0) is 6.18 Å². The van der Waals surface area contributed by atoms with E-state index in [1.165, 1.54) is 0 Å². The Balaban J connectivity index is 2.96. The van der Waals surface area contributed by atoms with Gasteiger partial charge < -0.3 is 0 Å². The monoisotopic (exact) mass is 225 g/mol. The van der Waals surface area contributed by atoms with E-state index < -0.39 is 29.6 Å². The summed E-state index contributed by atoms with van der Waals surface area (Å²) in [7, 11) is 0. The number of rotatable bonds is 2. The van der Waals surface area contributed by atoms with Gasteiger partial charge in [0, 0.05) is 11.8 Å². The highest BCUT2D eigenvalue weighted by Gasteiger charge is 2.32. The van der Waals surface area contributed by atoms with Gasteiger partial charge in [0.05, 0.1) is 0 Å². The summed E-state index contributed by atoms with van der Waals surface area (Å²) in [5.41, 5.74) is -1.77. The van der Waals surface area contributed by atoms with Gasteiger partial charge in [0.15, 0.2) is 0 Å². The van der Waals surface area contributed by atoms with E-state index >= 15 is 0 Å². The Morgan fingerprint density at radius 2 is 1.87 bits per heavy atom. The molecule has 0 atom stereocenters. The molecule has 1 aromatic rings. The van der Waals surface area contributed by atoms with Crippen LogP contribution in [0.5, 0.6) is 0 Å². The second kappa shape index (κ2) is 3.92. The van der Waals surface area contributed by atoms with E-state index in [1.54, 1.807) is 0 Å². The molecule has 2 nitrogen and oxygen atoms in total. The van der Waals surface area contributed by atoms with Crippen LogP contribution < -0.4 is 0 Å². The third-order valence-corrected chi connectivity index (χ3v) is 1.54. The van der Waals surface area contributed by atoms with Crippen molar-refractivity contribution in [3.05, 3.63) is 29.6 Å². The Morgan fingerprint density at radius 1 is 1.27 bits per heavy atom. The average molecular weight is 225 g/mol. The van der Waals surface area contributed by atoms with Crippen molar-refractivity contribution in [1.82, 2.24) is 4.98 Å². The van der Waals surface area contributed by atoms with E-state index in [9.17, 15) is 26.7 Å². The number of hydrogen-bond acceptors (Lipinski definition) is 2. The summed E-state index contributed by atoms with van der Waals surface area (Å²) in [5.74, 6) is -1.55. The Morgan fingerprint density at radius 3 is 2.20 bits per heavy atom. The molecule has 0 N–H and O–H groups in total. The minimum absolute atomic E-state index is 0.482. The van der Waals surface area contributed by atoms with Crippen LogP contribution >= 0.6 is 0 Å². The molecule has 0 bridgehead atoms. The molecule has 0 radical (unpaired) electrons. The van der Waals surface area contributed by atoms with Crippen molar-refractivity contribution >= 4 is 5.78 Å². The number of ketones is 1. The number of alkyl halides is 5. The lowest BCUT2D eigenvalue weighted by Gasteiger charge is -2.05. The van der Waals surface area contributed by atoms with Gasteiger partial charge in [-0.15, -0.1) is 0 Å². The standard InChI is InChI=1S/C8H4F5NO/c9-7(10)6(15)4-1-2-5(14-3-4)8(11,12)13/h1-3,7H. The Labute approximate surface area is 80.7 Å². The lowest BCUT2D eigenvalue weighted by atomic mass is 10.2. The van der Waals surface area contributed by atoms with Gasteiger partial charge in [-0.1, -0.05) is 0 Å². The normalized spacial score (nSPS) is 11.9. The van der Waals surface area contributed by atoms with Crippen molar-refractivity contribution < 1.29 is 26.7 Å². The van der Waals surface area contributed by atoms with Gasteiger partial charge in [-0.05, 0) is 12.1 Å². The number of nitrogens with zero attached hydrogens (tertiary/aromatic N) is 1. The quantitative estimate of drug-likeness (QED) is 0.571. The van der Waals surface area contributed by atoms with Crippen LogP contribution in [0.4, 0.5) is 22.0 Å². The SMILES string of the molecule is O=C(c1ccc(C(F)(F)F)nc1)C(F)F. The number of carbonyl (C=O) groups is 1. The number of carbonyl (C=O) groups excluding carboxylic acids is 1. The molecule has 0 aromatic carbocycles. The number of aromatic nitrogens is 1. The highest BCUT2D eigenvalue weighted by atomic mass is 19.4. The summed E-state index contributed by atoms with van der Waals surface area (Å²) in [4.78, 5) is 13.5. The average Bonchev–Trinajstić information content (AvgIpc) is 2.15. The topological polar surface area (TPSA) is 30.0 Å². The lowest BCUT2D eigenvalue weighted by Crippen LogP contribution is -2.13. The van der Waals surface area contributed by atoms with E-state index in [0.717, 1.165) is 0 Å². The van der Waals surface area contributed by atoms with Gasteiger partial charge in [-0.25, -0.2) is 8.78 Å². The fourth-order valence-electron chi connectivity index (χ4n) is 0.833. The molecule has 0 aliphatic carbocycles. The second-order valence-corrected chi connectivity index (χ2v) is 2.59. The highest BCUT2D eigenvalue weighted by molar-refractivity contribution is 5.98. The van der Waals surface area contributed by atoms with Crippen LogP contribution in [0.25, 0.3) is 0 Å². The van der Waals surface area contributed by atoms with E-state index in [4.69, 9.17) is 0 Å². The van der Waals surface area contributed by atoms with Gasteiger partial charge in [-0.3, -0.25) is 9.78 Å². The largest absolute Gasteiger partial charge is 0.433 e. The second-order valence-electron chi connectivity index (χ2n) is 2.59. The first kappa shape index (κ1) is 11.5. The molecule has 0 spiro atoms. The fourth-order valence-corrected chi connectivity index (χ4v) is 0.833. The molecule has 0 saturated heterocycles. The fraction of sp³-hybridized carbons (Fsp3) is 0.250. The molecule has 82 valence electrons. The molecule has 1 rings (SSSR count). The number of pyridine rings is 1. The third-order valence-electron chi connectivity index (χ3n) is 1.54. The van der Waals surface area contributed by atoms with Crippen LogP contribution in [0.15, 0.2) is 18.3 Å². The van der Waals surface area contributed by atoms with Crippen LogP contribution in [0.1, 0.15) is 16.1 Å². The van der Waals surface area contributed by atoms with Gasteiger partial charge in [0.2, 0.25) is 5.78 Å². The van der Waals surface area contributed by atoms with Gasteiger partial charge in [-0.2, -0.15) is 13.2 Å². The summed E-state index contributed by atoms with van der Waals surface area (Å²) < 4.78 is 59.6. The van der Waals surface area contributed by atoms with E-state index in [-0.39, 0.29) is 0 Å². The van der Waals surface area contributed by atoms with Crippen molar-refractivity contribution in [2.24, 2.45) is 0 Å². The zero-order valence-electron chi connectivity index (χ0n) is 7.05. The highest BCUT2D eigenvalue weighted by Crippen LogP contribution is 2.27. The molecule has 1 heterocycles. The minimum atomic E-state index is -4.65. The van der Waals surface area contributed by atoms with E-state index in [0.29, 0.717) is 18.3 Å². The first-order valence-electron chi connectivity index (χ1n) is 3.68. The molecule has 0 unspecified atom stereocenters. The third kappa shape index (κ3) is 2.71. The van der Waals surface area contributed by atoms with Crippen molar-refractivity contribution in [3.8, 4) is 0 Å². The predicted octanol–water partition coefficient (Wildman–Crippen LogP) is 2.55. The number of Topliss-reactive ketones (excluding diaryl/α,β-unsaturated/α-hetero) is 1. The Bertz CT molecular complexity index is 356. The van der Waals surface area contributed by atoms with Crippen LogP contribution in [0.2, 0.25) is 0 Å². The maximum atomic E-state index is 12.0. The molecule has 0 amide bonds. The summed E-state index contributed by atoms with van der Waals surface area (Å²) in [6, 6.07) is 1.15. The molecule has 0 aliphatic rings. The molecule has 0 saturated carbocycles. The number of hydrogen-bond donors (Lipinski definition) is 0. The lowest BCUT2D eigenvalue weighted by molar-refractivity contribution is -0.141. The zero-order valence-corrected chi connectivity index (χ0v) is 7.05. The zero-order chi connectivity index (χ0) is 11.6. The molecule has 0 aliphatic heterocycles. The first-order valence-corrected chi connectivity index (χ1v) is 3.68. The Hall–Kier alpha value is -1.53. The predicted molar refractivity (Wildman–Crippen MR) is 39.6 cm³/mol. The van der Waals surface area contributed by atoms with Crippen molar-refractivity contribution in [2.75, 3.05) is 0 Å². The maximum Gasteiger partial charge on any atom is 0.433 e. The smallest absolute Gasteiger partial charge is 0.288 e. The summed E-state index contributed by atoms with van der Waals surface area (Å²) in [6.45, 7) is 0. The van der Waals surface area contributed by atoms with Crippen molar-refractivity contribution in [1.29, 1.82) is 0 Å². The van der Waals surface area contributed by atoms with E-state index in [2.05, 4.69) is 4.98 Å². The molecule has 0 fully saturated rings. The molecular weight excluding hydrogens is 221 g/mol. The Kier molecular flexibility index (Phi) is 3.01. The van der Waals surface area contributed by atoms with Gasteiger partial charge >= 0.3 is 12.6 Å². The van der Waals surface area contributed by atoms with Crippen molar-refractivity contribution in [3.63, 3.8) is 0 Å². The van der Waals surface area contributed by atoms with Crippen LogP contribution in [-0.4, -0.2) is 17.2 Å². The minimum Gasteiger partial charge on any atom is -0.288 e. The maximum absolute atomic E-state index is 12.0. The molecule has 15 heavy (non-hydrogen) atoms. The molecule has 1 aromatic heterocycles. The summed E-state index contributed by atoms with van der Waals surface area (Å²) in [5, 5.41) is 0. The van der Waals surface area contributed by atoms with Crippen LogP contribution in [0.3, 0.4) is 0 Å². The van der Waals surface area contributed by atoms with Crippen LogP contribution in [0, 0.1) is 0 Å².